The van der Waals surface area contributed by atoms with Crippen molar-refractivity contribution in [3.8, 4) is 11.5 Å². The van der Waals surface area contributed by atoms with Crippen LogP contribution in [0.1, 0.15) is 12.5 Å². The lowest BCUT2D eigenvalue weighted by atomic mass is 9.93. The van der Waals surface area contributed by atoms with Crippen molar-refractivity contribution >= 4 is 22.7 Å². The summed E-state index contributed by atoms with van der Waals surface area (Å²) in [5.41, 5.74) is 8.83. The van der Waals surface area contributed by atoms with E-state index in [1.54, 1.807) is 12.1 Å². The normalized spacial score (nSPS) is 24.4. The second-order valence-corrected chi connectivity index (χ2v) is 6.67. The van der Waals surface area contributed by atoms with Gasteiger partial charge in [-0.1, -0.05) is 23.7 Å². The van der Waals surface area contributed by atoms with Crippen molar-refractivity contribution in [1.29, 1.82) is 0 Å². The number of fused-ring (bicyclic) bond motifs is 1. The molecule has 124 valence electrons. The van der Waals surface area contributed by atoms with Gasteiger partial charge in [0.2, 0.25) is 5.89 Å². The molecule has 0 radical (unpaired) electrons. The van der Waals surface area contributed by atoms with E-state index in [-0.39, 0.29) is 6.23 Å². The number of oxazole rings is 1. The molecule has 1 saturated heterocycles. The summed E-state index contributed by atoms with van der Waals surface area (Å²) in [5.74, 6) is 0.561. The van der Waals surface area contributed by atoms with Gasteiger partial charge in [0.05, 0.1) is 0 Å². The van der Waals surface area contributed by atoms with Crippen molar-refractivity contribution in [2.24, 2.45) is 5.73 Å². The molecule has 0 spiro atoms. The summed E-state index contributed by atoms with van der Waals surface area (Å²) >= 11 is 6.01. The van der Waals surface area contributed by atoms with Crippen molar-refractivity contribution in [3.05, 3.63) is 53.1 Å². The minimum absolute atomic E-state index is 0.320. The predicted octanol–water partition coefficient (Wildman–Crippen LogP) is 3.27. The van der Waals surface area contributed by atoms with Gasteiger partial charge >= 0.3 is 0 Å². The minimum atomic E-state index is -0.483. The van der Waals surface area contributed by atoms with Gasteiger partial charge in [-0.3, -0.25) is 0 Å². The number of nitrogens with zero attached hydrogens (tertiary/aromatic N) is 1. The molecule has 5 nitrogen and oxygen atoms in total. The summed E-state index contributed by atoms with van der Waals surface area (Å²) in [6.07, 6.45) is -0.320. The smallest absolute Gasteiger partial charge is 0.227 e. The summed E-state index contributed by atoms with van der Waals surface area (Å²) in [6.45, 7) is 3.39. The number of morpholine rings is 1. The average molecular weight is 344 g/mol. The number of benzene rings is 2. The van der Waals surface area contributed by atoms with Crippen LogP contribution in [-0.2, 0) is 10.3 Å². The number of nitrogens with two attached hydrogens (primary N) is 1. The lowest BCUT2D eigenvalue weighted by molar-refractivity contribution is -0.107. The number of aromatic nitrogens is 1. The van der Waals surface area contributed by atoms with Crippen LogP contribution < -0.4 is 11.1 Å². The molecule has 3 N–H and O–H groups in total. The Morgan fingerprint density at radius 3 is 3.00 bits per heavy atom. The fourth-order valence-corrected chi connectivity index (χ4v) is 3.21. The van der Waals surface area contributed by atoms with E-state index in [0.717, 1.165) is 16.6 Å². The molecule has 0 aliphatic carbocycles. The molecule has 6 heteroatoms. The number of ether oxygens (including phenoxy) is 1. The summed E-state index contributed by atoms with van der Waals surface area (Å²) in [5, 5.41) is 3.93. The Bertz CT molecular complexity index is 895. The van der Waals surface area contributed by atoms with Gasteiger partial charge < -0.3 is 20.2 Å². The Balaban J connectivity index is 1.73. The molecule has 0 amide bonds. The first-order valence-corrected chi connectivity index (χ1v) is 8.22. The topological polar surface area (TPSA) is 73.3 Å². The van der Waals surface area contributed by atoms with Crippen molar-refractivity contribution in [1.82, 2.24) is 10.3 Å². The summed E-state index contributed by atoms with van der Waals surface area (Å²) in [4.78, 5) is 4.54. The highest BCUT2D eigenvalue weighted by atomic mass is 35.5. The molecule has 3 aromatic rings. The summed E-state index contributed by atoms with van der Waals surface area (Å²) < 4.78 is 11.8. The molecular formula is C18H18ClN3O2. The molecule has 24 heavy (non-hydrogen) atoms. The van der Waals surface area contributed by atoms with Gasteiger partial charge in [0.25, 0.3) is 0 Å². The monoisotopic (exact) mass is 343 g/mol. The lowest BCUT2D eigenvalue weighted by Crippen LogP contribution is -2.53. The Labute approximate surface area is 144 Å². The zero-order valence-electron chi connectivity index (χ0n) is 13.3. The zero-order valence-corrected chi connectivity index (χ0v) is 14.0. The van der Waals surface area contributed by atoms with Gasteiger partial charge in [0.1, 0.15) is 17.3 Å². The number of halogens is 1. The average Bonchev–Trinajstić information content (AvgIpc) is 2.98. The van der Waals surface area contributed by atoms with E-state index < -0.39 is 5.60 Å². The van der Waals surface area contributed by atoms with Crippen LogP contribution >= 0.6 is 11.6 Å². The van der Waals surface area contributed by atoms with Crippen molar-refractivity contribution in [2.75, 3.05) is 13.1 Å². The first-order valence-electron chi connectivity index (χ1n) is 7.85. The van der Waals surface area contributed by atoms with Gasteiger partial charge in [-0.05, 0) is 36.8 Å². The Morgan fingerprint density at radius 2 is 2.17 bits per heavy atom. The van der Waals surface area contributed by atoms with E-state index in [4.69, 9.17) is 26.5 Å². The second kappa shape index (κ2) is 5.86. The first-order chi connectivity index (χ1) is 11.5. The molecule has 2 heterocycles. The molecule has 4 rings (SSSR count). The van der Waals surface area contributed by atoms with Crippen LogP contribution in [0.3, 0.4) is 0 Å². The van der Waals surface area contributed by atoms with Gasteiger partial charge in [-0.25, -0.2) is 4.98 Å². The second-order valence-electron chi connectivity index (χ2n) is 6.23. The van der Waals surface area contributed by atoms with E-state index in [1.165, 1.54) is 0 Å². The molecule has 1 aliphatic rings. The Kier molecular flexibility index (Phi) is 3.81. The third-order valence-corrected chi connectivity index (χ3v) is 4.53. The standard InChI is InChI=1S/C18H18ClN3O2/c1-18(10-21-9-16(20)24-18)12-4-2-3-11(7-12)17-22-14-6-5-13(19)8-15(14)23-17/h2-8,16,21H,9-10,20H2,1H3. The molecule has 0 bridgehead atoms. The van der Waals surface area contributed by atoms with Crippen molar-refractivity contribution < 1.29 is 9.15 Å². The van der Waals surface area contributed by atoms with Crippen molar-refractivity contribution in [3.63, 3.8) is 0 Å². The highest BCUT2D eigenvalue weighted by Crippen LogP contribution is 2.32. The van der Waals surface area contributed by atoms with E-state index >= 15 is 0 Å². The fraction of sp³-hybridized carbons (Fsp3) is 0.278. The summed E-state index contributed by atoms with van der Waals surface area (Å²) in [7, 11) is 0. The van der Waals surface area contributed by atoms with Gasteiger partial charge in [0.15, 0.2) is 5.58 Å². The van der Waals surface area contributed by atoms with Crippen LogP contribution in [0.4, 0.5) is 0 Å². The van der Waals surface area contributed by atoms with E-state index in [2.05, 4.69) is 10.3 Å². The molecule has 2 atom stereocenters. The van der Waals surface area contributed by atoms with Crippen molar-refractivity contribution in [2.45, 2.75) is 18.8 Å². The molecule has 1 aliphatic heterocycles. The summed E-state index contributed by atoms with van der Waals surface area (Å²) in [6, 6.07) is 13.4. The Morgan fingerprint density at radius 1 is 1.29 bits per heavy atom. The number of nitrogens with one attached hydrogen (secondary N) is 1. The highest BCUT2D eigenvalue weighted by molar-refractivity contribution is 6.31. The number of hydrogen-bond donors (Lipinski definition) is 2. The fourth-order valence-electron chi connectivity index (χ4n) is 3.04. The van der Waals surface area contributed by atoms with E-state index in [9.17, 15) is 0 Å². The number of hydrogen-bond acceptors (Lipinski definition) is 5. The lowest BCUT2D eigenvalue weighted by Gasteiger charge is -2.38. The van der Waals surface area contributed by atoms with Crippen LogP contribution in [0.5, 0.6) is 0 Å². The van der Waals surface area contributed by atoms with Gasteiger partial charge in [0, 0.05) is 29.7 Å². The quantitative estimate of drug-likeness (QED) is 0.747. The first kappa shape index (κ1) is 15.6. The van der Waals surface area contributed by atoms with Crippen LogP contribution in [0.25, 0.3) is 22.6 Å². The molecule has 1 fully saturated rings. The highest BCUT2D eigenvalue weighted by Gasteiger charge is 2.33. The molecule has 1 aromatic heterocycles. The largest absolute Gasteiger partial charge is 0.436 e. The van der Waals surface area contributed by atoms with E-state index in [1.807, 2.05) is 37.3 Å². The maximum Gasteiger partial charge on any atom is 0.227 e. The Hall–Kier alpha value is -1.92. The number of rotatable bonds is 2. The molecular weight excluding hydrogens is 326 g/mol. The molecule has 0 saturated carbocycles. The molecule has 2 unspecified atom stereocenters. The predicted molar refractivity (Wildman–Crippen MR) is 93.7 cm³/mol. The van der Waals surface area contributed by atoms with E-state index in [0.29, 0.717) is 29.6 Å². The van der Waals surface area contributed by atoms with Gasteiger partial charge in [-0.2, -0.15) is 0 Å². The van der Waals surface area contributed by atoms with Crippen LogP contribution in [-0.4, -0.2) is 24.3 Å². The third kappa shape index (κ3) is 2.80. The van der Waals surface area contributed by atoms with Crippen LogP contribution in [0.2, 0.25) is 5.02 Å². The van der Waals surface area contributed by atoms with Crippen LogP contribution in [0, 0.1) is 0 Å². The zero-order chi connectivity index (χ0) is 16.7. The molecule has 2 aromatic carbocycles. The maximum absolute atomic E-state index is 6.01. The SMILES string of the molecule is CC1(c2cccc(-c3nc4ccc(Cl)cc4o3)c2)CNCC(N)O1. The van der Waals surface area contributed by atoms with Gasteiger partial charge in [-0.15, -0.1) is 0 Å². The maximum atomic E-state index is 6.01. The third-order valence-electron chi connectivity index (χ3n) is 4.29. The minimum Gasteiger partial charge on any atom is -0.436 e. The van der Waals surface area contributed by atoms with Crippen LogP contribution in [0.15, 0.2) is 46.9 Å².